The molecule has 5 heteroatoms. The van der Waals surface area contributed by atoms with Gasteiger partial charge in [-0.3, -0.25) is 4.68 Å². The van der Waals surface area contributed by atoms with E-state index >= 15 is 0 Å². The van der Waals surface area contributed by atoms with E-state index in [1.54, 1.807) is 24.9 Å². The van der Waals surface area contributed by atoms with Gasteiger partial charge in [-0.1, -0.05) is 5.16 Å². The van der Waals surface area contributed by atoms with Crippen molar-refractivity contribution in [1.82, 2.24) is 9.78 Å². The Labute approximate surface area is 85.6 Å². The predicted molar refractivity (Wildman–Crippen MR) is 54.7 cm³/mol. The molecule has 1 aromatic heterocycles. The van der Waals surface area contributed by atoms with Crippen LogP contribution in [0, 0.1) is 5.82 Å². The van der Waals surface area contributed by atoms with Crippen molar-refractivity contribution < 1.29 is 9.60 Å². The molecule has 0 aliphatic heterocycles. The Morgan fingerprint density at radius 1 is 1.53 bits per heavy atom. The van der Waals surface area contributed by atoms with Crippen LogP contribution < -0.4 is 0 Å². The van der Waals surface area contributed by atoms with E-state index in [2.05, 4.69) is 10.3 Å². The van der Waals surface area contributed by atoms with Gasteiger partial charge < -0.3 is 5.21 Å². The Balaban J connectivity index is 2.84. The molecule has 0 fully saturated rings. The van der Waals surface area contributed by atoms with Gasteiger partial charge in [-0.2, -0.15) is 5.10 Å². The first-order valence-electron chi connectivity index (χ1n) is 4.43. The third-order valence-electron chi connectivity index (χ3n) is 2.37. The van der Waals surface area contributed by atoms with Crippen molar-refractivity contribution in [3.63, 3.8) is 0 Å². The van der Waals surface area contributed by atoms with Crippen LogP contribution in [0.25, 0.3) is 10.9 Å². The second kappa shape index (κ2) is 3.34. The van der Waals surface area contributed by atoms with Gasteiger partial charge in [-0.05, 0) is 19.1 Å². The number of nitrogens with zero attached hydrogens (tertiary/aromatic N) is 3. The molecule has 0 aliphatic rings. The lowest BCUT2D eigenvalue weighted by atomic mass is 10.1. The van der Waals surface area contributed by atoms with Gasteiger partial charge in [0.1, 0.15) is 5.82 Å². The number of halogens is 1. The maximum atomic E-state index is 13.3. The fourth-order valence-electron chi connectivity index (χ4n) is 1.57. The highest BCUT2D eigenvalue weighted by Gasteiger charge is 2.10. The maximum absolute atomic E-state index is 13.3. The fraction of sp³-hybridized carbons (Fsp3) is 0.200. The van der Waals surface area contributed by atoms with Gasteiger partial charge in [-0.25, -0.2) is 4.39 Å². The van der Waals surface area contributed by atoms with E-state index in [-0.39, 0.29) is 5.82 Å². The van der Waals surface area contributed by atoms with E-state index in [1.807, 2.05) is 0 Å². The summed E-state index contributed by atoms with van der Waals surface area (Å²) in [5, 5.41) is 16.6. The first-order valence-corrected chi connectivity index (χ1v) is 4.43. The van der Waals surface area contributed by atoms with Crippen molar-refractivity contribution in [3.05, 3.63) is 29.7 Å². The smallest absolute Gasteiger partial charge is 0.126 e. The van der Waals surface area contributed by atoms with Crippen molar-refractivity contribution in [2.75, 3.05) is 0 Å². The summed E-state index contributed by atoms with van der Waals surface area (Å²) in [7, 11) is 1.73. The fourth-order valence-corrected chi connectivity index (χ4v) is 1.57. The first-order chi connectivity index (χ1) is 7.13. The number of hydrogen-bond acceptors (Lipinski definition) is 3. The topological polar surface area (TPSA) is 50.4 Å². The van der Waals surface area contributed by atoms with Crippen LogP contribution in [-0.4, -0.2) is 20.7 Å². The first kappa shape index (κ1) is 9.64. The molecule has 0 aliphatic carbocycles. The molecule has 0 amide bonds. The number of aromatic nitrogens is 2. The molecule has 0 radical (unpaired) electrons. The minimum atomic E-state index is -0.371. The quantitative estimate of drug-likeness (QED) is 0.441. The summed E-state index contributed by atoms with van der Waals surface area (Å²) in [6.45, 7) is 1.61. The van der Waals surface area contributed by atoms with E-state index in [0.717, 1.165) is 5.39 Å². The van der Waals surface area contributed by atoms with Gasteiger partial charge in [0.05, 0.1) is 17.4 Å². The summed E-state index contributed by atoms with van der Waals surface area (Å²) in [4.78, 5) is 0. The molecule has 0 unspecified atom stereocenters. The van der Waals surface area contributed by atoms with E-state index in [9.17, 15) is 4.39 Å². The highest BCUT2D eigenvalue weighted by molar-refractivity contribution is 6.08. The highest BCUT2D eigenvalue weighted by atomic mass is 19.1. The maximum Gasteiger partial charge on any atom is 0.126 e. The number of benzene rings is 1. The Kier molecular flexibility index (Phi) is 2.15. The Bertz CT molecular complexity index is 545. The average Bonchev–Trinajstić information content (AvgIpc) is 2.58. The highest BCUT2D eigenvalue weighted by Crippen LogP contribution is 2.20. The monoisotopic (exact) mass is 207 g/mol. The zero-order chi connectivity index (χ0) is 11.0. The van der Waals surface area contributed by atoms with Crippen molar-refractivity contribution in [1.29, 1.82) is 0 Å². The minimum absolute atomic E-state index is 0.368. The minimum Gasteiger partial charge on any atom is -0.411 e. The lowest BCUT2D eigenvalue weighted by Gasteiger charge is -2.02. The molecule has 4 nitrogen and oxygen atoms in total. The zero-order valence-corrected chi connectivity index (χ0v) is 8.40. The molecular formula is C10H10FN3O. The van der Waals surface area contributed by atoms with Crippen LogP contribution in [0.15, 0.2) is 23.5 Å². The molecule has 0 bridgehead atoms. The zero-order valence-electron chi connectivity index (χ0n) is 8.40. The molecule has 15 heavy (non-hydrogen) atoms. The molecule has 0 atom stereocenters. The Morgan fingerprint density at radius 2 is 2.27 bits per heavy atom. The van der Waals surface area contributed by atoms with Crippen LogP contribution in [0.1, 0.15) is 12.5 Å². The van der Waals surface area contributed by atoms with E-state index in [0.29, 0.717) is 16.8 Å². The molecule has 0 saturated carbocycles. The average molecular weight is 207 g/mol. The SMILES string of the molecule is C/C(=N/O)c1cc(F)cc2c1cnn2C. The van der Waals surface area contributed by atoms with Crippen molar-refractivity contribution in [2.45, 2.75) is 6.92 Å². The number of hydrogen-bond donors (Lipinski definition) is 1. The number of oxime groups is 1. The van der Waals surface area contributed by atoms with E-state index < -0.39 is 0 Å². The van der Waals surface area contributed by atoms with Crippen LogP contribution in [0.3, 0.4) is 0 Å². The summed E-state index contributed by atoms with van der Waals surface area (Å²) in [5.41, 5.74) is 1.60. The standard InChI is InChI=1S/C10H10FN3O/c1-6(13-15)8-3-7(11)4-10-9(8)5-12-14(10)2/h3-5,15H,1-2H3/b13-6-. The second-order valence-corrected chi connectivity index (χ2v) is 3.34. The van der Waals surface area contributed by atoms with Gasteiger partial charge in [0, 0.05) is 18.0 Å². The Hall–Kier alpha value is -1.91. The molecular weight excluding hydrogens is 197 g/mol. The molecule has 1 N–H and O–H groups in total. The third-order valence-corrected chi connectivity index (χ3v) is 2.37. The largest absolute Gasteiger partial charge is 0.411 e. The lowest BCUT2D eigenvalue weighted by Crippen LogP contribution is -1.97. The van der Waals surface area contributed by atoms with Crippen LogP contribution in [0.4, 0.5) is 4.39 Å². The van der Waals surface area contributed by atoms with Gasteiger partial charge in [0.25, 0.3) is 0 Å². The lowest BCUT2D eigenvalue weighted by molar-refractivity contribution is 0.319. The molecule has 0 saturated heterocycles. The van der Waals surface area contributed by atoms with Crippen LogP contribution >= 0.6 is 0 Å². The van der Waals surface area contributed by atoms with Gasteiger partial charge in [-0.15, -0.1) is 0 Å². The summed E-state index contributed by atoms with van der Waals surface area (Å²) >= 11 is 0. The third kappa shape index (κ3) is 1.45. The summed E-state index contributed by atoms with van der Waals surface area (Å²) in [5.74, 6) is -0.371. The molecule has 2 rings (SSSR count). The molecule has 1 heterocycles. The van der Waals surface area contributed by atoms with Gasteiger partial charge in [0.15, 0.2) is 0 Å². The molecule has 2 aromatic rings. The number of fused-ring (bicyclic) bond motifs is 1. The summed E-state index contributed by atoms with van der Waals surface area (Å²) in [6.07, 6.45) is 1.62. The van der Waals surface area contributed by atoms with Crippen LogP contribution in [0.2, 0.25) is 0 Å². The number of aryl methyl sites for hydroxylation is 1. The van der Waals surface area contributed by atoms with Crippen LogP contribution in [0.5, 0.6) is 0 Å². The van der Waals surface area contributed by atoms with Crippen LogP contribution in [-0.2, 0) is 7.05 Å². The van der Waals surface area contributed by atoms with Crippen molar-refractivity contribution in [2.24, 2.45) is 12.2 Å². The van der Waals surface area contributed by atoms with Gasteiger partial charge in [0.2, 0.25) is 0 Å². The van der Waals surface area contributed by atoms with Gasteiger partial charge >= 0.3 is 0 Å². The molecule has 0 spiro atoms. The summed E-state index contributed by atoms with van der Waals surface area (Å²) < 4.78 is 14.8. The van der Waals surface area contributed by atoms with E-state index in [4.69, 9.17) is 5.21 Å². The summed E-state index contributed by atoms with van der Waals surface area (Å²) in [6, 6.07) is 2.73. The Morgan fingerprint density at radius 3 is 2.93 bits per heavy atom. The normalized spacial score (nSPS) is 12.3. The second-order valence-electron chi connectivity index (χ2n) is 3.34. The predicted octanol–water partition coefficient (Wildman–Crippen LogP) is 1.91. The molecule has 78 valence electrons. The molecule has 1 aromatic carbocycles. The van der Waals surface area contributed by atoms with Crippen molar-refractivity contribution in [3.8, 4) is 0 Å². The van der Waals surface area contributed by atoms with Crippen molar-refractivity contribution >= 4 is 16.6 Å². The van der Waals surface area contributed by atoms with E-state index in [1.165, 1.54) is 12.1 Å². The number of rotatable bonds is 1.